The smallest absolute Gasteiger partial charge is 0.147 e. The molecule has 1 heterocycles. The van der Waals surface area contributed by atoms with E-state index in [-0.39, 0.29) is 23.9 Å². The first-order valence-corrected chi connectivity index (χ1v) is 11.9. The maximum Gasteiger partial charge on any atom is 0.147 e. The van der Waals surface area contributed by atoms with Crippen LogP contribution in [0.25, 0.3) is 21.7 Å². The number of carbonyl (C=O) groups is 2. The predicted octanol–water partition coefficient (Wildman–Crippen LogP) is 5.64. The monoisotopic (exact) mass is 433 g/mol. The molecule has 1 atom stereocenters. The second kappa shape index (κ2) is 9.07. The van der Waals surface area contributed by atoms with Gasteiger partial charge in [0.15, 0.2) is 0 Å². The third-order valence-corrected chi connectivity index (χ3v) is 7.31. The molecule has 3 aromatic rings. The van der Waals surface area contributed by atoms with E-state index in [0.717, 1.165) is 39.6 Å². The van der Waals surface area contributed by atoms with Crippen LogP contribution < -0.4 is 4.74 Å². The molecule has 32 heavy (non-hydrogen) atoms. The van der Waals surface area contributed by atoms with Gasteiger partial charge in [-0.25, -0.2) is 0 Å². The number of Topliss-reactive ketones (excluding diaryl/α,β-unsaturated/α-hetero) is 2. The van der Waals surface area contributed by atoms with Crippen LogP contribution in [0.15, 0.2) is 41.0 Å². The van der Waals surface area contributed by atoms with Gasteiger partial charge in [0.1, 0.15) is 29.5 Å². The Hall–Kier alpha value is -2.66. The van der Waals surface area contributed by atoms with Crippen LogP contribution in [-0.4, -0.2) is 42.7 Å². The molecular weight excluding hydrogens is 402 g/mol. The van der Waals surface area contributed by atoms with Gasteiger partial charge in [0, 0.05) is 35.9 Å². The summed E-state index contributed by atoms with van der Waals surface area (Å²) in [6, 6.07) is 10.8. The minimum absolute atomic E-state index is 0.00277. The van der Waals surface area contributed by atoms with Crippen molar-refractivity contribution in [1.29, 1.82) is 0 Å². The minimum atomic E-state index is -0.259. The summed E-state index contributed by atoms with van der Waals surface area (Å²) in [6.07, 6.45) is 9.42. The molecule has 0 N–H and O–H groups in total. The van der Waals surface area contributed by atoms with Crippen molar-refractivity contribution >= 4 is 33.3 Å². The average molecular weight is 434 g/mol. The molecule has 0 saturated heterocycles. The van der Waals surface area contributed by atoms with Gasteiger partial charge in [-0.1, -0.05) is 25.3 Å². The van der Waals surface area contributed by atoms with Crippen molar-refractivity contribution in [2.24, 2.45) is 0 Å². The zero-order chi connectivity index (χ0) is 22.1. The van der Waals surface area contributed by atoms with Gasteiger partial charge in [0.25, 0.3) is 0 Å². The first kappa shape index (κ1) is 21.2. The summed E-state index contributed by atoms with van der Waals surface area (Å²) in [6.45, 7) is 1.60. The lowest BCUT2D eigenvalue weighted by molar-refractivity contribution is -0.130. The SMILES string of the molecule is CN(CCOc1ccc2c(ccc3occ([C@@H]4CCC(=O)CC4=O)c32)c1)C1CCCCC1. The highest BCUT2D eigenvalue weighted by Gasteiger charge is 2.31. The molecule has 2 fully saturated rings. The topological polar surface area (TPSA) is 59.8 Å². The van der Waals surface area contributed by atoms with Crippen LogP contribution in [0.5, 0.6) is 5.75 Å². The summed E-state index contributed by atoms with van der Waals surface area (Å²) in [7, 11) is 2.21. The predicted molar refractivity (Wildman–Crippen MR) is 125 cm³/mol. The molecule has 0 radical (unpaired) electrons. The quantitative estimate of drug-likeness (QED) is 0.471. The summed E-state index contributed by atoms with van der Waals surface area (Å²) in [5.74, 6) is 0.645. The zero-order valence-corrected chi connectivity index (χ0v) is 18.8. The lowest BCUT2D eigenvalue weighted by atomic mass is 9.81. The average Bonchev–Trinajstić information content (AvgIpc) is 3.24. The third-order valence-electron chi connectivity index (χ3n) is 7.31. The Balaban J connectivity index is 1.34. The van der Waals surface area contributed by atoms with Crippen LogP contribution in [0.3, 0.4) is 0 Å². The highest BCUT2D eigenvalue weighted by atomic mass is 16.5. The molecule has 168 valence electrons. The maximum atomic E-state index is 12.5. The van der Waals surface area contributed by atoms with Gasteiger partial charge in [-0.2, -0.15) is 0 Å². The zero-order valence-electron chi connectivity index (χ0n) is 18.8. The van der Waals surface area contributed by atoms with E-state index >= 15 is 0 Å². The van der Waals surface area contributed by atoms with Crippen LogP contribution in [-0.2, 0) is 9.59 Å². The number of rotatable bonds is 6. The molecule has 2 saturated carbocycles. The highest BCUT2D eigenvalue weighted by Crippen LogP contribution is 2.39. The summed E-state index contributed by atoms with van der Waals surface area (Å²) in [5, 5.41) is 3.11. The first-order chi connectivity index (χ1) is 15.6. The van der Waals surface area contributed by atoms with Crippen molar-refractivity contribution in [1.82, 2.24) is 4.90 Å². The summed E-state index contributed by atoms with van der Waals surface area (Å²) in [5.41, 5.74) is 1.69. The number of benzene rings is 2. The molecular formula is C27H31NO4. The molecule has 0 amide bonds. The van der Waals surface area contributed by atoms with E-state index in [9.17, 15) is 9.59 Å². The van der Waals surface area contributed by atoms with E-state index in [4.69, 9.17) is 9.15 Å². The molecule has 0 aliphatic heterocycles. The summed E-state index contributed by atoms with van der Waals surface area (Å²) in [4.78, 5) is 26.6. The van der Waals surface area contributed by atoms with Crippen molar-refractivity contribution in [2.45, 2.75) is 63.3 Å². The Morgan fingerprint density at radius 3 is 2.72 bits per heavy atom. The fourth-order valence-corrected chi connectivity index (χ4v) is 5.43. The van der Waals surface area contributed by atoms with Gasteiger partial charge in [-0.3, -0.25) is 9.59 Å². The van der Waals surface area contributed by atoms with Crippen LogP contribution in [0.2, 0.25) is 0 Å². The van der Waals surface area contributed by atoms with Crippen molar-refractivity contribution in [2.75, 3.05) is 20.2 Å². The number of nitrogens with zero attached hydrogens (tertiary/aromatic N) is 1. The number of hydrogen-bond acceptors (Lipinski definition) is 5. The van der Waals surface area contributed by atoms with E-state index in [1.807, 2.05) is 18.2 Å². The molecule has 2 aromatic carbocycles. The molecule has 5 heteroatoms. The van der Waals surface area contributed by atoms with E-state index in [0.29, 0.717) is 25.5 Å². The highest BCUT2D eigenvalue weighted by molar-refractivity contribution is 6.11. The van der Waals surface area contributed by atoms with Crippen LogP contribution in [0, 0.1) is 0 Å². The Morgan fingerprint density at radius 2 is 1.91 bits per heavy atom. The molecule has 0 unspecified atom stereocenters. The van der Waals surface area contributed by atoms with E-state index in [1.165, 1.54) is 32.1 Å². The largest absolute Gasteiger partial charge is 0.492 e. The summed E-state index contributed by atoms with van der Waals surface area (Å²) < 4.78 is 11.9. The van der Waals surface area contributed by atoms with Gasteiger partial charge in [-0.05, 0) is 61.3 Å². The van der Waals surface area contributed by atoms with E-state index in [1.54, 1.807) is 6.26 Å². The molecule has 0 spiro atoms. The number of ketones is 2. The number of fused-ring (bicyclic) bond motifs is 3. The first-order valence-electron chi connectivity index (χ1n) is 11.9. The number of ether oxygens (including phenoxy) is 1. The molecule has 2 aliphatic rings. The third kappa shape index (κ3) is 4.18. The molecule has 5 rings (SSSR count). The second-order valence-electron chi connectivity index (χ2n) is 9.41. The lowest BCUT2D eigenvalue weighted by Gasteiger charge is -2.31. The standard InChI is InChI=1S/C27H31NO4/c1-28(19-5-3-2-4-6-19)13-14-31-21-9-11-22-18(15-21)7-12-26-27(22)24(17-32-26)23-10-8-20(29)16-25(23)30/h7,9,11-12,15,17,19,23H,2-6,8,10,13-14,16H2,1H3/t23-/m0/s1. The van der Waals surface area contributed by atoms with Crippen molar-refractivity contribution in [3.8, 4) is 5.75 Å². The second-order valence-corrected chi connectivity index (χ2v) is 9.41. The van der Waals surface area contributed by atoms with Gasteiger partial charge >= 0.3 is 0 Å². The fraction of sp³-hybridized carbons (Fsp3) is 0.481. The lowest BCUT2D eigenvalue weighted by Crippen LogP contribution is -2.36. The number of likely N-dealkylation sites (N-methyl/N-ethyl adjacent to an activating group) is 1. The normalized spacial score (nSPS) is 20.5. The molecule has 2 aliphatic carbocycles. The van der Waals surface area contributed by atoms with Crippen LogP contribution in [0.4, 0.5) is 0 Å². The minimum Gasteiger partial charge on any atom is -0.492 e. The molecule has 0 bridgehead atoms. The van der Waals surface area contributed by atoms with Crippen molar-refractivity contribution in [3.63, 3.8) is 0 Å². The Kier molecular flexibility index (Phi) is 6.01. The number of hydrogen-bond donors (Lipinski definition) is 0. The van der Waals surface area contributed by atoms with Gasteiger partial charge < -0.3 is 14.1 Å². The van der Waals surface area contributed by atoms with Crippen LogP contribution in [0.1, 0.15) is 62.8 Å². The Bertz CT molecular complexity index is 1140. The van der Waals surface area contributed by atoms with Gasteiger partial charge in [0.2, 0.25) is 0 Å². The van der Waals surface area contributed by atoms with Gasteiger partial charge in [0.05, 0.1) is 12.7 Å². The van der Waals surface area contributed by atoms with Crippen molar-refractivity contribution < 1.29 is 18.7 Å². The Morgan fingerprint density at radius 1 is 1.06 bits per heavy atom. The van der Waals surface area contributed by atoms with Gasteiger partial charge in [-0.15, -0.1) is 0 Å². The number of furan rings is 1. The van der Waals surface area contributed by atoms with Crippen molar-refractivity contribution in [3.05, 3.63) is 42.2 Å². The van der Waals surface area contributed by atoms with Crippen LogP contribution >= 0.6 is 0 Å². The Labute approximate surface area is 188 Å². The molecule has 5 nitrogen and oxygen atoms in total. The number of carbonyl (C=O) groups excluding carboxylic acids is 2. The van der Waals surface area contributed by atoms with E-state index in [2.05, 4.69) is 24.1 Å². The fourth-order valence-electron chi connectivity index (χ4n) is 5.43. The molecule has 1 aromatic heterocycles. The van der Waals surface area contributed by atoms with E-state index < -0.39 is 0 Å². The summed E-state index contributed by atoms with van der Waals surface area (Å²) >= 11 is 0. The maximum absolute atomic E-state index is 12.5.